The molecule has 3 aromatic rings. The molecule has 3 rings (SSSR count). The molecule has 0 bridgehead atoms. The topological polar surface area (TPSA) is 12.9 Å². The number of benzene rings is 2. The zero-order valence-electron chi connectivity index (χ0n) is 6.90. The zero-order chi connectivity index (χ0) is 8.67. The van der Waals surface area contributed by atoms with E-state index in [1.165, 1.54) is 19.7 Å². The van der Waals surface area contributed by atoms with Crippen LogP contribution in [0.5, 0.6) is 0 Å². The molecule has 0 aliphatic heterocycles. The van der Waals surface area contributed by atoms with Crippen LogP contribution in [0.1, 0.15) is 0 Å². The van der Waals surface area contributed by atoms with Crippen LogP contribution in [0.3, 0.4) is 0 Å². The Morgan fingerprint density at radius 2 is 1.92 bits per heavy atom. The van der Waals surface area contributed by atoms with Crippen molar-refractivity contribution in [3.63, 3.8) is 0 Å². The summed E-state index contributed by atoms with van der Waals surface area (Å²) in [6.07, 6.45) is 0. The maximum absolute atomic E-state index is 4.46. The maximum atomic E-state index is 4.46. The molecule has 0 saturated heterocycles. The molecule has 1 nitrogen and oxygen atoms in total. The van der Waals surface area contributed by atoms with Crippen LogP contribution in [0.25, 0.3) is 19.7 Å². The van der Waals surface area contributed by atoms with Gasteiger partial charge in [-0.25, -0.2) is 0 Å². The first-order valence-corrected chi connectivity index (χ1v) is 6.67. The molecule has 0 radical (unpaired) electrons. The van der Waals surface area contributed by atoms with Crippen molar-refractivity contribution in [3.05, 3.63) is 40.6 Å². The van der Waals surface area contributed by atoms with Gasteiger partial charge in [0.15, 0.2) is 0 Å². The molecule has 0 aliphatic carbocycles. The third-order valence-corrected chi connectivity index (χ3v) is 4.49. The Hall–Kier alpha value is -0.840. The second-order valence-corrected chi connectivity index (χ2v) is 5.52. The molecule has 0 fully saturated rings. The van der Waals surface area contributed by atoms with Crippen LogP contribution in [0, 0.1) is 0 Å². The van der Waals surface area contributed by atoms with Crippen molar-refractivity contribution < 1.29 is 0 Å². The Bertz CT molecular complexity index is 568. The SMILES string of the molecule is c1ccc2c(c1)ccc1[te]cnc12. The molecular weight excluding hydrogens is 274 g/mol. The van der Waals surface area contributed by atoms with Crippen LogP contribution < -0.4 is 0 Å². The van der Waals surface area contributed by atoms with E-state index in [4.69, 9.17) is 0 Å². The van der Waals surface area contributed by atoms with E-state index in [1.54, 1.807) is 0 Å². The van der Waals surface area contributed by atoms with E-state index in [1.807, 2.05) is 0 Å². The van der Waals surface area contributed by atoms with Crippen molar-refractivity contribution in [2.75, 3.05) is 0 Å². The van der Waals surface area contributed by atoms with Crippen LogP contribution in [-0.4, -0.2) is 25.4 Å². The Balaban J connectivity index is 2.65. The van der Waals surface area contributed by atoms with Gasteiger partial charge in [-0.3, -0.25) is 0 Å². The summed E-state index contributed by atoms with van der Waals surface area (Å²) in [5.41, 5.74) is 1.22. The average Bonchev–Trinajstić information content (AvgIpc) is 2.65. The van der Waals surface area contributed by atoms with Gasteiger partial charge >= 0.3 is 85.7 Å². The molecule has 1 aromatic heterocycles. The molecule has 0 N–H and O–H groups in total. The number of fused-ring (bicyclic) bond motifs is 3. The molecular formula is C11H7NTe. The Morgan fingerprint density at radius 1 is 1.00 bits per heavy atom. The van der Waals surface area contributed by atoms with Gasteiger partial charge in [-0.15, -0.1) is 0 Å². The van der Waals surface area contributed by atoms with Crippen molar-refractivity contribution in [1.82, 2.24) is 4.98 Å². The molecule has 2 aromatic carbocycles. The number of aromatic nitrogens is 1. The summed E-state index contributed by atoms with van der Waals surface area (Å²) in [4.78, 5) is 4.46. The van der Waals surface area contributed by atoms with Gasteiger partial charge in [0.05, 0.1) is 0 Å². The number of rotatable bonds is 0. The summed E-state index contributed by atoms with van der Waals surface area (Å²) in [6, 6.07) is 12.9. The molecule has 0 amide bonds. The van der Waals surface area contributed by atoms with Crippen molar-refractivity contribution >= 4 is 40.1 Å². The Labute approximate surface area is 85.6 Å². The minimum absolute atomic E-state index is 0.113. The molecule has 0 atom stereocenters. The molecule has 0 saturated carbocycles. The molecule has 0 aliphatic rings. The van der Waals surface area contributed by atoms with Crippen LogP contribution in [0.2, 0.25) is 0 Å². The fourth-order valence-corrected chi connectivity index (χ4v) is 3.58. The fraction of sp³-hybridized carbons (Fsp3) is 0. The normalized spacial score (nSPS) is 11.1. The van der Waals surface area contributed by atoms with Crippen LogP contribution in [0.15, 0.2) is 40.6 Å². The molecule has 13 heavy (non-hydrogen) atoms. The third-order valence-electron chi connectivity index (χ3n) is 2.23. The summed E-state index contributed by atoms with van der Waals surface area (Å²) in [7, 11) is 0. The quantitative estimate of drug-likeness (QED) is 0.577. The van der Waals surface area contributed by atoms with Crippen LogP contribution in [-0.2, 0) is 0 Å². The van der Waals surface area contributed by atoms with E-state index in [2.05, 4.69) is 45.6 Å². The van der Waals surface area contributed by atoms with Gasteiger partial charge in [0.1, 0.15) is 0 Å². The fourth-order valence-electron chi connectivity index (χ4n) is 1.60. The first kappa shape index (κ1) is 7.55. The number of hydrogen-bond acceptors (Lipinski definition) is 1. The molecule has 0 spiro atoms. The van der Waals surface area contributed by atoms with Gasteiger partial charge in [-0.05, 0) is 0 Å². The van der Waals surface area contributed by atoms with E-state index < -0.39 is 0 Å². The summed E-state index contributed by atoms with van der Waals surface area (Å²) in [5.74, 6) is 0. The van der Waals surface area contributed by atoms with E-state index in [0.29, 0.717) is 0 Å². The first-order valence-electron chi connectivity index (χ1n) is 4.16. The van der Waals surface area contributed by atoms with Gasteiger partial charge in [-0.1, -0.05) is 0 Å². The van der Waals surface area contributed by atoms with E-state index >= 15 is 0 Å². The summed E-state index contributed by atoms with van der Waals surface area (Å²) in [5, 5.41) is 2.60. The van der Waals surface area contributed by atoms with Gasteiger partial charge < -0.3 is 0 Å². The van der Waals surface area contributed by atoms with E-state index in [0.717, 1.165) is 0 Å². The van der Waals surface area contributed by atoms with Crippen molar-refractivity contribution in [2.45, 2.75) is 0 Å². The number of hydrogen-bond donors (Lipinski definition) is 0. The van der Waals surface area contributed by atoms with E-state index in [9.17, 15) is 0 Å². The van der Waals surface area contributed by atoms with Crippen molar-refractivity contribution in [1.29, 1.82) is 0 Å². The second-order valence-electron chi connectivity index (χ2n) is 2.99. The van der Waals surface area contributed by atoms with Crippen LogP contribution >= 0.6 is 0 Å². The van der Waals surface area contributed by atoms with Gasteiger partial charge in [0.2, 0.25) is 0 Å². The summed E-state index contributed by atoms with van der Waals surface area (Å²) < 4.78 is 3.59. The second kappa shape index (κ2) is 2.83. The standard InChI is InChI=1S/C11H7NTe/c1-2-4-9-8(3-1)5-6-10-11(9)12-7-13-10/h1-7H. The van der Waals surface area contributed by atoms with Gasteiger partial charge in [0, 0.05) is 0 Å². The Kier molecular flexibility index (Phi) is 1.65. The molecule has 1 heterocycles. The third kappa shape index (κ3) is 1.10. The Morgan fingerprint density at radius 3 is 2.92 bits per heavy atom. The molecule has 62 valence electrons. The number of nitrogens with zero attached hydrogens (tertiary/aromatic N) is 1. The molecule has 2 heteroatoms. The predicted octanol–water partition coefficient (Wildman–Crippen LogP) is 2.45. The van der Waals surface area contributed by atoms with Gasteiger partial charge in [0.25, 0.3) is 0 Å². The van der Waals surface area contributed by atoms with E-state index in [-0.39, 0.29) is 20.4 Å². The molecule has 0 unspecified atom stereocenters. The minimum atomic E-state index is -0.113. The zero-order valence-corrected chi connectivity index (χ0v) is 9.23. The average molecular weight is 281 g/mol. The summed E-state index contributed by atoms with van der Waals surface area (Å²) in [6.45, 7) is 0. The monoisotopic (exact) mass is 283 g/mol. The first-order chi connectivity index (χ1) is 6.45. The van der Waals surface area contributed by atoms with Crippen molar-refractivity contribution in [3.8, 4) is 0 Å². The predicted molar refractivity (Wildman–Crippen MR) is 56.2 cm³/mol. The summed E-state index contributed by atoms with van der Waals surface area (Å²) >= 11 is -0.113. The van der Waals surface area contributed by atoms with Crippen LogP contribution in [0.4, 0.5) is 0 Å². The van der Waals surface area contributed by atoms with Crippen molar-refractivity contribution in [2.24, 2.45) is 0 Å². The van der Waals surface area contributed by atoms with Gasteiger partial charge in [-0.2, -0.15) is 0 Å².